The number of aryl methyl sites for hydroxylation is 1. The Morgan fingerprint density at radius 3 is 2.81 bits per heavy atom. The van der Waals surface area contributed by atoms with E-state index in [4.69, 9.17) is 0 Å². The maximum atomic E-state index is 4.54. The van der Waals surface area contributed by atoms with E-state index in [-0.39, 0.29) is 0 Å². The van der Waals surface area contributed by atoms with Crippen LogP contribution in [-0.2, 0) is 12.8 Å². The van der Waals surface area contributed by atoms with Gasteiger partial charge in [0.25, 0.3) is 0 Å². The van der Waals surface area contributed by atoms with Crippen molar-refractivity contribution in [2.75, 3.05) is 7.05 Å². The maximum absolute atomic E-state index is 4.54. The first-order valence-electron chi connectivity index (χ1n) is 6.43. The van der Waals surface area contributed by atoms with E-state index in [9.17, 15) is 0 Å². The van der Waals surface area contributed by atoms with Crippen molar-refractivity contribution >= 4 is 0 Å². The molecule has 16 heavy (non-hydrogen) atoms. The van der Waals surface area contributed by atoms with E-state index in [0.717, 1.165) is 24.8 Å². The lowest BCUT2D eigenvalue weighted by molar-refractivity contribution is 0.505. The van der Waals surface area contributed by atoms with Crippen molar-refractivity contribution in [2.24, 2.45) is 5.92 Å². The van der Waals surface area contributed by atoms with Crippen molar-refractivity contribution in [3.8, 4) is 0 Å². The van der Waals surface area contributed by atoms with Gasteiger partial charge in [0, 0.05) is 17.9 Å². The summed E-state index contributed by atoms with van der Waals surface area (Å²) in [6.07, 6.45) is 8.26. The molecule has 0 aromatic carbocycles. The zero-order chi connectivity index (χ0) is 11.4. The number of hydrogen-bond acceptors (Lipinski definition) is 2. The monoisotopic (exact) mass is 218 g/mol. The zero-order valence-corrected chi connectivity index (χ0v) is 10.4. The second kappa shape index (κ2) is 5.44. The topological polar surface area (TPSA) is 24.9 Å². The fourth-order valence-electron chi connectivity index (χ4n) is 2.60. The summed E-state index contributed by atoms with van der Waals surface area (Å²) in [5.41, 5.74) is 2.60. The van der Waals surface area contributed by atoms with Crippen LogP contribution in [0.3, 0.4) is 0 Å². The van der Waals surface area contributed by atoms with Crippen molar-refractivity contribution in [1.29, 1.82) is 0 Å². The van der Waals surface area contributed by atoms with Gasteiger partial charge in [-0.1, -0.05) is 13.0 Å². The van der Waals surface area contributed by atoms with Crippen LogP contribution >= 0.6 is 0 Å². The fraction of sp³-hybridized carbons (Fsp3) is 0.643. The van der Waals surface area contributed by atoms with E-state index >= 15 is 0 Å². The average Bonchev–Trinajstić information content (AvgIpc) is 2.78. The van der Waals surface area contributed by atoms with E-state index in [1.165, 1.54) is 30.5 Å². The highest BCUT2D eigenvalue weighted by Crippen LogP contribution is 2.27. The molecule has 1 aliphatic rings. The predicted octanol–water partition coefficient (Wildman–Crippen LogP) is 2.57. The molecule has 1 heterocycles. The van der Waals surface area contributed by atoms with Gasteiger partial charge in [-0.25, -0.2) is 0 Å². The molecule has 1 N–H and O–H groups in total. The summed E-state index contributed by atoms with van der Waals surface area (Å²) in [5, 5.41) is 3.38. The Balaban J connectivity index is 1.89. The second-order valence-corrected chi connectivity index (χ2v) is 4.88. The molecule has 2 atom stereocenters. The third kappa shape index (κ3) is 2.82. The van der Waals surface area contributed by atoms with Crippen molar-refractivity contribution < 1.29 is 0 Å². The molecular formula is C14H22N2. The molecule has 88 valence electrons. The van der Waals surface area contributed by atoms with Gasteiger partial charge in [-0.2, -0.15) is 0 Å². The standard InChI is InChI=1S/C14H22N2/c1-3-11-4-7-14(16-10-11)9-12-5-6-13(8-12)15-2/h4,7,10,12-13,15H,3,5-6,8-9H2,1-2H3. The van der Waals surface area contributed by atoms with Crippen LogP contribution in [0.5, 0.6) is 0 Å². The summed E-state index contributed by atoms with van der Waals surface area (Å²) in [6.45, 7) is 2.17. The molecule has 2 nitrogen and oxygen atoms in total. The first-order chi connectivity index (χ1) is 7.81. The van der Waals surface area contributed by atoms with Gasteiger partial charge in [-0.3, -0.25) is 4.98 Å². The summed E-state index contributed by atoms with van der Waals surface area (Å²) in [4.78, 5) is 4.54. The van der Waals surface area contributed by atoms with Gasteiger partial charge in [0.1, 0.15) is 0 Å². The Labute approximate surface area is 98.5 Å². The van der Waals surface area contributed by atoms with Crippen LogP contribution in [0, 0.1) is 5.92 Å². The van der Waals surface area contributed by atoms with Gasteiger partial charge in [-0.05, 0) is 56.7 Å². The SMILES string of the molecule is CCc1ccc(CC2CCC(NC)C2)nc1. The molecule has 0 bridgehead atoms. The van der Waals surface area contributed by atoms with Crippen molar-refractivity contribution in [3.05, 3.63) is 29.6 Å². The summed E-state index contributed by atoms with van der Waals surface area (Å²) < 4.78 is 0. The maximum Gasteiger partial charge on any atom is 0.0406 e. The van der Waals surface area contributed by atoms with E-state index in [1.807, 2.05) is 6.20 Å². The number of pyridine rings is 1. The number of nitrogens with one attached hydrogen (secondary N) is 1. The molecule has 0 aliphatic heterocycles. The highest BCUT2D eigenvalue weighted by atomic mass is 14.9. The van der Waals surface area contributed by atoms with Gasteiger partial charge in [0.2, 0.25) is 0 Å². The first-order valence-corrected chi connectivity index (χ1v) is 6.43. The van der Waals surface area contributed by atoms with E-state index in [2.05, 4.69) is 36.4 Å². The van der Waals surface area contributed by atoms with Gasteiger partial charge in [-0.15, -0.1) is 0 Å². The quantitative estimate of drug-likeness (QED) is 0.840. The highest BCUT2D eigenvalue weighted by molar-refractivity contribution is 5.14. The Bertz CT molecular complexity index is 318. The molecule has 2 heteroatoms. The lowest BCUT2D eigenvalue weighted by Crippen LogP contribution is -2.21. The molecular weight excluding hydrogens is 196 g/mol. The van der Waals surface area contributed by atoms with Crippen LogP contribution in [0.2, 0.25) is 0 Å². The molecule has 0 saturated heterocycles. The number of nitrogens with zero attached hydrogens (tertiary/aromatic N) is 1. The molecule has 0 radical (unpaired) electrons. The predicted molar refractivity (Wildman–Crippen MR) is 67.5 cm³/mol. The van der Waals surface area contributed by atoms with Crippen LogP contribution in [0.15, 0.2) is 18.3 Å². The van der Waals surface area contributed by atoms with Gasteiger partial charge >= 0.3 is 0 Å². The molecule has 2 rings (SSSR count). The normalized spacial score (nSPS) is 24.9. The highest BCUT2D eigenvalue weighted by Gasteiger charge is 2.23. The third-order valence-electron chi connectivity index (χ3n) is 3.74. The molecule has 0 spiro atoms. The molecule has 1 aliphatic carbocycles. The Kier molecular flexibility index (Phi) is 3.94. The van der Waals surface area contributed by atoms with Crippen LogP contribution in [0.1, 0.15) is 37.4 Å². The van der Waals surface area contributed by atoms with Crippen LogP contribution in [-0.4, -0.2) is 18.1 Å². The fourth-order valence-corrected chi connectivity index (χ4v) is 2.60. The minimum absolute atomic E-state index is 0.736. The van der Waals surface area contributed by atoms with Crippen LogP contribution in [0.25, 0.3) is 0 Å². The summed E-state index contributed by atoms with van der Waals surface area (Å²) >= 11 is 0. The van der Waals surface area contributed by atoms with Crippen LogP contribution in [0.4, 0.5) is 0 Å². The Hall–Kier alpha value is -0.890. The Morgan fingerprint density at radius 2 is 2.25 bits per heavy atom. The van der Waals surface area contributed by atoms with Crippen molar-refractivity contribution in [3.63, 3.8) is 0 Å². The largest absolute Gasteiger partial charge is 0.317 e. The summed E-state index contributed by atoms with van der Waals surface area (Å²) in [5.74, 6) is 0.831. The zero-order valence-electron chi connectivity index (χ0n) is 10.4. The summed E-state index contributed by atoms with van der Waals surface area (Å²) in [6, 6.07) is 5.15. The second-order valence-electron chi connectivity index (χ2n) is 4.88. The Morgan fingerprint density at radius 1 is 1.38 bits per heavy atom. The van der Waals surface area contributed by atoms with Crippen molar-refractivity contribution in [2.45, 2.75) is 45.1 Å². The van der Waals surface area contributed by atoms with E-state index in [0.29, 0.717) is 0 Å². The molecule has 0 amide bonds. The number of rotatable bonds is 4. The molecule has 1 aromatic rings. The van der Waals surface area contributed by atoms with E-state index in [1.54, 1.807) is 0 Å². The van der Waals surface area contributed by atoms with Crippen LogP contribution < -0.4 is 5.32 Å². The molecule has 2 unspecified atom stereocenters. The van der Waals surface area contributed by atoms with Crippen molar-refractivity contribution in [1.82, 2.24) is 10.3 Å². The van der Waals surface area contributed by atoms with E-state index < -0.39 is 0 Å². The first kappa shape index (κ1) is 11.6. The third-order valence-corrected chi connectivity index (χ3v) is 3.74. The number of hydrogen-bond donors (Lipinski definition) is 1. The minimum Gasteiger partial charge on any atom is -0.317 e. The molecule has 1 fully saturated rings. The molecule has 1 aromatic heterocycles. The van der Waals surface area contributed by atoms with Gasteiger partial charge in [0.15, 0.2) is 0 Å². The van der Waals surface area contributed by atoms with Gasteiger partial charge < -0.3 is 5.32 Å². The summed E-state index contributed by atoms with van der Waals surface area (Å²) in [7, 11) is 2.07. The lowest BCUT2D eigenvalue weighted by Gasteiger charge is -2.10. The molecule has 1 saturated carbocycles. The minimum atomic E-state index is 0.736. The lowest BCUT2D eigenvalue weighted by atomic mass is 10.0. The smallest absolute Gasteiger partial charge is 0.0406 e. The average molecular weight is 218 g/mol. The number of aromatic nitrogens is 1. The van der Waals surface area contributed by atoms with Gasteiger partial charge in [0.05, 0.1) is 0 Å².